The van der Waals surface area contributed by atoms with Crippen molar-refractivity contribution in [3.8, 4) is 0 Å². The minimum Gasteiger partial charge on any atom is -0.693 e. The van der Waals surface area contributed by atoms with Crippen LogP contribution in [-0.4, -0.2) is 19.2 Å². The summed E-state index contributed by atoms with van der Waals surface area (Å²) < 4.78 is 4.19. The third-order valence-corrected chi connectivity index (χ3v) is 0.421. The number of methoxy groups -OCH3 is 1. The van der Waals surface area contributed by atoms with E-state index < -0.39 is 5.97 Å². The molecule has 0 heterocycles. The number of nitrogens with two attached hydrogens (primary N) is 2. The molecule has 0 fully saturated rings. The molecule has 0 saturated carbocycles. The van der Waals surface area contributed by atoms with E-state index in [1.807, 2.05) is 0 Å². The molecule has 1 unspecified atom stereocenters. The first-order valence-corrected chi connectivity index (χ1v) is 3.47. The van der Waals surface area contributed by atoms with Gasteiger partial charge in [-0.1, -0.05) is 6.58 Å². The predicted molar refractivity (Wildman–Crippen MR) is 56.2 cm³/mol. The molecule has 4 N–H and O–H groups in total. The van der Waals surface area contributed by atoms with Crippen molar-refractivity contribution in [1.29, 1.82) is 0 Å². The molecule has 0 aliphatic rings. The summed E-state index contributed by atoms with van der Waals surface area (Å²) in [6.45, 7) is 6.62. The second kappa shape index (κ2) is 29.6. The number of ether oxygens (including phenoxy) is 1. The van der Waals surface area contributed by atoms with Gasteiger partial charge in [0, 0.05) is 20.4 Å². The topological polar surface area (TPSA) is 93.3 Å². The number of esters is 1. The average Bonchev–Trinajstić information content (AvgIpc) is 1.90. The SMILES string of the molecule is C=C=CC(=O)OC.[CH2-]CP.[NH2-].[NH2-].[Pd]. The molecule has 0 rings (SSSR count). The van der Waals surface area contributed by atoms with E-state index in [1.54, 1.807) is 0 Å². The van der Waals surface area contributed by atoms with Crippen molar-refractivity contribution in [2.75, 3.05) is 13.3 Å². The number of hydrogen-bond acceptors (Lipinski definition) is 2. The quantitative estimate of drug-likeness (QED) is 0.186. The zero-order valence-electron chi connectivity index (χ0n) is 7.56. The maximum Gasteiger partial charge on any atom is 0.338 e. The third-order valence-electron chi connectivity index (χ3n) is 0.421. The van der Waals surface area contributed by atoms with Crippen molar-refractivity contribution in [3.63, 3.8) is 0 Å². The second-order valence-corrected chi connectivity index (χ2v) is 1.74. The van der Waals surface area contributed by atoms with Crippen LogP contribution in [-0.2, 0) is 30.0 Å². The molecule has 0 amide bonds. The molecule has 4 nitrogen and oxygen atoms in total. The van der Waals surface area contributed by atoms with Crippen LogP contribution in [0.3, 0.4) is 0 Å². The molecule has 6 heteroatoms. The minimum absolute atomic E-state index is 0. The van der Waals surface area contributed by atoms with E-state index in [9.17, 15) is 4.79 Å². The molecule has 0 aromatic rings. The fourth-order valence-corrected chi connectivity index (χ4v) is 0.142. The van der Waals surface area contributed by atoms with Crippen LogP contribution in [0.15, 0.2) is 18.4 Å². The largest absolute Gasteiger partial charge is 0.693 e. The molecule has 1 atom stereocenters. The standard InChI is InChI=1S/C5H6O2.C2H6P.2H2N.Pd/c1-3-4-5(6)7-2;1-2-3;;;/h4H,1H2,2H3;1-3H2;2*1H2;/q;3*-1;. The van der Waals surface area contributed by atoms with Gasteiger partial charge in [0.05, 0.1) is 13.2 Å². The molecule has 0 aliphatic heterocycles. The van der Waals surface area contributed by atoms with E-state index >= 15 is 0 Å². The zero-order chi connectivity index (χ0) is 8.41. The van der Waals surface area contributed by atoms with Crippen molar-refractivity contribution in [3.05, 3.63) is 37.6 Å². The Labute approximate surface area is 96.2 Å². The van der Waals surface area contributed by atoms with E-state index in [-0.39, 0.29) is 32.7 Å². The van der Waals surface area contributed by atoms with Crippen molar-refractivity contribution in [1.82, 2.24) is 0 Å². The van der Waals surface area contributed by atoms with E-state index in [0.29, 0.717) is 0 Å². The van der Waals surface area contributed by atoms with Gasteiger partial charge >= 0.3 is 5.97 Å². The van der Waals surface area contributed by atoms with Crippen molar-refractivity contribution in [2.45, 2.75) is 0 Å². The van der Waals surface area contributed by atoms with Crippen LogP contribution in [0, 0.1) is 6.92 Å². The summed E-state index contributed by atoms with van der Waals surface area (Å²) in [7, 11) is 3.77. The summed E-state index contributed by atoms with van der Waals surface area (Å²) in [5, 5.41) is 0. The van der Waals surface area contributed by atoms with E-state index in [2.05, 4.69) is 33.2 Å². The van der Waals surface area contributed by atoms with Crippen LogP contribution in [0.4, 0.5) is 0 Å². The molecule has 0 aromatic heterocycles. The van der Waals surface area contributed by atoms with Gasteiger partial charge in [0.1, 0.15) is 0 Å². The number of rotatable bonds is 1. The number of carbonyl (C=O) groups excluding carboxylic acids is 1. The fraction of sp³-hybridized carbons (Fsp3) is 0.286. The van der Waals surface area contributed by atoms with Crippen molar-refractivity contribution < 1.29 is 30.0 Å². The summed E-state index contributed by atoms with van der Waals surface area (Å²) in [5.41, 5.74) is 2.27. The van der Waals surface area contributed by atoms with Gasteiger partial charge < -0.3 is 24.0 Å². The zero-order valence-corrected chi connectivity index (χ0v) is 10.3. The summed E-state index contributed by atoms with van der Waals surface area (Å²) in [5.74, 6) is -0.421. The Morgan fingerprint density at radius 3 is 2.08 bits per heavy atom. The van der Waals surface area contributed by atoms with Gasteiger partial charge in [0.15, 0.2) is 0 Å². The molecule has 0 spiro atoms. The summed E-state index contributed by atoms with van der Waals surface area (Å²) in [6, 6.07) is 0. The fourth-order valence-electron chi connectivity index (χ4n) is 0.142. The molecule has 0 aliphatic carbocycles. The van der Waals surface area contributed by atoms with Gasteiger partial charge in [-0.3, -0.25) is 0 Å². The van der Waals surface area contributed by atoms with Gasteiger partial charge in [-0.15, -0.1) is 5.73 Å². The smallest absolute Gasteiger partial charge is 0.338 e. The van der Waals surface area contributed by atoms with Gasteiger partial charge in [0.2, 0.25) is 0 Å². The maximum atomic E-state index is 10.0. The molecule has 0 aromatic carbocycles. The van der Waals surface area contributed by atoms with Crippen LogP contribution in [0.2, 0.25) is 0 Å². The van der Waals surface area contributed by atoms with Gasteiger partial charge in [0.25, 0.3) is 0 Å². The Morgan fingerprint density at radius 1 is 1.69 bits per heavy atom. The normalized spacial score (nSPS) is 4.85. The Balaban J connectivity index is -0.0000000320. The van der Waals surface area contributed by atoms with E-state index in [0.717, 1.165) is 12.2 Å². The Kier molecular flexibility index (Phi) is 66.7. The van der Waals surface area contributed by atoms with E-state index in [1.165, 1.54) is 7.11 Å². The molecule has 0 radical (unpaired) electrons. The second-order valence-electron chi connectivity index (χ2n) is 1.16. The van der Waals surface area contributed by atoms with Crippen LogP contribution in [0.1, 0.15) is 0 Å². The number of hydrogen-bond donors (Lipinski definition) is 0. The molecule has 84 valence electrons. The van der Waals surface area contributed by atoms with Crippen LogP contribution < -0.4 is 0 Å². The predicted octanol–water partition coefficient (Wildman–Crippen LogP) is 2.63. The molecule has 0 bridgehead atoms. The van der Waals surface area contributed by atoms with Gasteiger partial charge in [-0.25, -0.2) is 4.79 Å². The van der Waals surface area contributed by atoms with Gasteiger partial charge in [-0.05, 0) is 0 Å². The summed E-state index contributed by atoms with van der Waals surface area (Å²) in [6.07, 6.45) is 2.04. The van der Waals surface area contributed by atoms with Crippen molar-refractivity contribution in [2.24, 2.45) is 0 Å². The van der Waals surface area contributed by atoms with Crippen LogP contribution in [0.5, 0.6) is 0 Å². The first kappa shape index (κ1) is 29.2. The Bertz CT molecular complexity index is 138. The molecule has 0 saturated heterocycles. The van der Waals surface area contributed by atoms with Crippen LogP contribution in [0.25, 0.3) is 12.3 Å². The summed E-state index contributed by atoms with van der Waals surface area (Å²) in [4.78, 5) is 10.0. The molecule has 13 heavy (non-hydrogen) atoms. The van der Waals surface area contributed by atoms with Crippen LogP contribution >= 0.6 is 9.24 Å². The molecular formula is C7H16N2O2PPd-3. The summed E-state index contributed by atoms with van der Waals surface area (Å²) >= 11 is 0. The average molecular weight is 298 g/mol. The third kappa shape index (κ3) is 48.0. The maximum absolute atomic E-state index is 10.0. The Hall–Kier alpha value is 0.00234. The number of carbonyl (C=O) groups is 1. The monoisotopic (exact) mass is 297 g/mol. The first-order valence-electron chi connectivity index (χ1n) is 2.66. The Morgan fingerprint density at radius 2 is 2.00 bits per heavy atom. The van der Waals surface area contributed by atoms with Crippen molar-refractivity contribution >= 4 is 15.2 Å². The van der Waals surface area contributed by atoms with E-state index in [4.69, 9.17) is 0 Å². The first-order chi connectivity index (χ1) is 4.72. The minimum atomic E-state index is -0.421. The molecular weight excluding hydrogens is 281 g/mol. The van der Waals surface area contributed by atoms with Gasteiger partial charge in [-0.2, -0.15) is 15.4 Å².